The van der Waals surface area contributed by atoms with E-state index in [4.69, 9.17) is 14.7 Å². The number of hydrogen-bond donors (Lipinski definition) is 0. The summed E-state index contributed by atoms with van der Waals surface area (Å²) in [5.41, 5.74) is 12.1. The first-order chi connectivity index (χ1) is 24.3. The standard InChI is InChI=1S/C45H28N2OS/c1-3-13-29(14-4-1)38-28-39(30-15-5-2-6-16-30)47-44(46-38)43-26-25-42(49-43)31-23-24-37-41(27-31)48-40-22-12-11-21-36(40)45(37)34-19-9-7-17-32(34)33-18-8-10-20-35(33)45/h1-28H. The topological polar surface area (TPSA) is 35.0 Å². The lowest BCUT2D eigenvalue weighted by atomic mass is 9.66. The molecule has 2 aliphatic rings. The maximum atomic E-state index is 6.76. The average molecular weight is 645 g/mol. The Morgan fingerprint density at radius 2 is 0.939 bits per heavy atom. The second-order valence-corrected chi connectivity index (χ2v) is 13.6. The lowest BCUT2D eigenvalue weighted by Gasteiger charge is -2.39. The van der Waals surface area contributed by atoms with Gasteiger partial charge in [-0.3, -0.25) is 0 Å². The quantitative estimate of drug-likeness (QED) is 0.191. The molecule has 0 radical (unpaired) electrons. The minimum atomic E-state index is -0.462. The van der Waals surface area contributed by atoms with Gasteiger partial charge < -0.3 is 4.74 Å². The zero-order valence-electron chi connectivity index (χ0n) is 26.4. The van der Waals surface area contributed by atoms with Gasteiger partial charge in [-0.05, 0) is 58.1 Å². The minimum absolute atomic E-state index is 0.462. The summed E-state index contributed by atoms with van der Waals surface area (Å²) in [6.07, 6.45) is 0. The van der Waals surface area contributed by atoms with Gasteiger partial charge in [-0.25, -0.2) is 9.97 Å². The molecule has 0 fully saturated rings. The first-order valence-electron chi connectivity index (χ1n) is 16.5. The Bertz CT molecular complexity index is 2430. The third kappa shape index (κ3) is 4.28. The lowest BCUT2D eigenvalue weighted by Crippen LogP contribution is -2.32. The molecule has 0 N–H and O–H groups in total. The number of nitrogens with zero attached hydrogens (tertiary/aromatic N) is 2. The molecule has 1 aliphatic carbocycles. The van der Waals surface area contributed by atoms with Crippen molar-refractivity contribution in [2.75, 3.05) is 0 Å². The molecular formula is C45H28N2OS. The second-order valence-electron chi connectivity index (χ2n) is 12.5. The maximum Gasteiger partial charge on any atom is 0.170 e. The van der Waals surface area contributed by atoms with Gasteiger partial charge >= 0.3 is 0 Å². The van der Waals surface area contributed by atoms with Gasteiger partial charge in [0.25, 0.3) is 0 Å². The van der Waals surface area contributed by atoms with E-state index in [1.54, 1.807) is 11.3 Å². The Balaban J connectivity index is 1.11. The highest BCUT2D eigenvalue weighted by Crippen LogP contribution is 2.62. The van der Waals surface area contributed by atoms with Crippen molar-refractivity contribution in [2.45, 2.75) is 5.41 Å². The van der Waals surface area contributed by atoms with Crippen molar-refractivity contribution in [3.8, 4) is 66.3 Å². The van der Waals surface area contributed by atoms with Crippen molar-refractivity contribution in [1.82, 2.24) is 9.97 Å². The first-order valence-corrected chi connectivity index (χ1v) is 17.3. The van der Waals surface area contributed by atoms with Crippen molar-refractivity contribution in [1.29, 1.82) is 0 Å². The normalized spacial score (nSPS) is 13.2. The van der Waals surface area contributed by atoms with Crippen LogP contribution in [0.1, 0.15) is 22.3 Å². The van der Waals surface area contributed by atoms with E-state index in [1.165, 1.54) is 27.8 Å². The van der Waals surface area contributed by atoms with Crippen LogP contribution in [0.25, 0.3) is 54.8 Å². The molecule has 230 valence electrons. The van der Waals surface area contributed by atoms with Crippen molar-refractivity contribution >= 4 is 11.3 Å². The summed E-state index contributed by atoms with van der Waals surface area (Å²) in [6.45, 7) is 0. The van der Waals surface area contributed by atoms with Crippen LogP contribution >= 0.6 is 11.3 Å². The SMILES string of the molecule is c1ccc(-c2cc(-c3ccccc3)nc(-c3ccc(-c4ccc5c(c4)Oc4ccccc4C54c5ccccc5-c5ccccc54)s3)n2)cc1. The Kier molecular flexibility index (Phi) is 6.27. The molecule has 0 saturated carbocycles. The van der Waals surface area contributed by atoms with E-state index in [2.05, 4.69) is 133 Å². The molecule has 1 aliphatic heterocycles. The fraction of sp³-hybridized carbons (Fsp3) is 0.0222. The molecule has 6 aromatic carbocycles. The third-order valence-electron chi connectivity index (χ3n) is 9.83. The Labute approximate surface area is 288 Å². The summed E-state index contributed by atoms with van der Waals surface area (Å²) in [4.78, 5) is 12.3. The van der Waals surface area contributed by atoms with E-state index in [9.17, 15) is 0 Å². The van der Waals surface area contributed by atoms with E-state index < -0.39 is 5.41 Å². The summed E-state index contributed by atoms with van der Waals surface area (Å²) in [5.74, 6) is 2.49. The molecule has 0 amide bonds. The molecule has 0 saturated heterocycles. The Morgan fingerprint density at radius 1 is 0.408 bits per heavy atom. The largest absolute Gasteiger partial charge is 0.457 e. The van der Waals surface area contributed by atoms with Crippen LogP contribution < -0.4 is 4.74 Å². The number of rotatable bonds is 4. The van der Waals surface area contributed by atoms with Crippen LogP contribution in [0.2, 0.25) is 0 Å². The number of fused-ring (bicyclic) bond motifs is 9. The van der Waals surface area contributed by atoms with Crippen molar-refractivity contribution in [3.05, 3.63) is 192 Å². The van der Waals surface area contributed by atoms with Crippen LogP contribution in [-0.2, 0) is 5.41 Å². The van der Waals surface area contributed by atoms with Gasteiger partial charge in [0.1, 0.15) is 11.5 Å². The third-order valence-corrected chi connectivity index (χ3v) is 11.0. The molecule has 3 heterocycles. The van der Waals surface area contributed by atoms with Gasteiger partial charge in [0, 0.05) is 27.1 Å². The van der Waals surface area contributed by atoms with E-state index >= 15 is 0 Å². The zero-order chi connectivity index (χ0) is 32.4. The smallest absolute Gasteiger partial charge is 0.170 e. The summed E-state index contributed by atoms with van der Waals surface area (Å²) in [5, 5.41) is 0. The van der Waals surface area contributed by atoms with Crippen LogP contribution in [0.4, 0.5) is 0 Å². The molecular weight excluding hydrogens is 617 g/mol. The van der Waals surface area contributed by atoms with E-state index in [1.807, 2.05) is 36.4 Å². The molecule has 0 unspecified atom stereocenters. The van der Waals surface area contributed by atoms with Gasteiger partial charge in [0.2, 0.25) is 0 Å². The molecule has 49 heavy (non-hydrogen) atoms. The summed E-state index contributed by atoms with van der Waals surface area (Å²) < 4.78 is 6.76. The van der Waals surface area contributed by atoms with E-state index in [-0.39, 0.29) is 0 Å². The monoisotopic (exact) mass is 644 g/mol. The fourth-order valence-corrected chi connectivity index (χ4v) is 8.63. The number of thiophene rings is 1. The van der Waals surface area contributed by atoms with Gasteiger partial charge in [-0.2, -0.15) is 0 Å². The lowest BCUT2D eigenvalue weighted by molar-refractivity contribution is 0.436. The molecule has 0 atom stereocenters. The molecule has 2 aromatic heterocycles. The summed E-state index contributed by atoms with van der Waals surface area (Å²) in [6, 6.07) is 59.9. The fourth-order valence-electron chi connectivity index (χ4n) is 7.70. The van der Waals surface area contributed by atoms with Gasteiger partial charge in [-0.15, -0.1) is 11.3 Å². The molecule has 10 rings (SSSR count). The van der Waals surface area contributed by atoms with Crippen LogP contribution in [0.5, 0.6) is 11.5 Å². The van der Waals surface area contributed by atoms with Crippen LogP contribution in [0.3, 0.4) is 0 Å². The highest BCUT2D eigenvalue weighted by Gasteiger charge is 2.50. The predicted octanol–water partition coefficient (Wildman–Crippen LogP) is 11.7. The van der Waals surface area contributed by atoms with E-state index in [0.717, 1.165) is 60.7 Å². The molecule has 3 nitrogen and oxygen atoms in total. The maximum absolute atomic E-state index is 6.76. The minimum Gasteiger partial charge on any atom is -0.457 e. The zero-order valence-corrected chi connectivity index (χ0v) is 27.2. The predicted molar refractivity (Wildman–Crippen MR) is 199 cm³/mol. The number of benzene rings is 6. The van der Waals surface area contributed by atoms with Gasteiger partial charge in [-0.1, -0.05) is 140 Å². The Hall–Kier alpha value is -6.10. The summed E-state index contributed by atoms with van der Waals surface area (Å²) in [7, 11) is 0. The van der Waals surface area contributed by atoms with Crippen molar-refractivity contribution in [3.63, 3.8) is 0 Å². The number of aromatic nitrogens is 2. The van der Waals surface area contributed by atoms with E-state index in [0.29, 0.717) is 0 Å². The summed E-state index contributed by atoms with van der Waals surface area (Å²) >= 11 is 1.70. The number of para-hydroxylation sites is 1. The Morgan fingerprint density at radius 3 is 1.59 bits per heavy atom. The first kappa shape index (κ1) is 28.0. The number of ether oxygens (including phenoxy) is 1. The van der Waals surface area contributed by atoms with Gasteiger partial charge in [0.05, 0.1) is 21.7 Å². The van der Waals surface area contributed by atoms with Crippen molar-refractivity contribution < 1.29 is 4.74 Å². The average Bonchev–Trinajstić information content (AvgIpc) is 3.78. The molecule has 8 aromatic rings. The molecule has 1 spiro atoms. The van der Waals surface area contributed by atoms with Crippen LogP contribution in [-0.4, -0.2) is 9.97 Å². The highest BCUT2D eigenvalue weighted by molar-refractivity contribution is 7.18. The highest BCUT2D eigenvalue weighted by atomic mass is 32.1. The second kappa shape index (κ2) is 11.0. The van der Waals surface area contributed by atoms with Crippen LogP contribution in [0.15, 0.2) is 170 Å². The molecule has 0 bridgehead atoms. The van der Waals surface area contributed by atoms with Gasteiger partial charge in [0.15, 0.2) is 5.82 Å². The van der Waals surface area contributed by atoms with Crippen LogP contribution in [0, 0.1) is 0 Å². The van der Waals surface area contributed by atoms with Crippen molar-refractivity contribution in [2.24, 2.45) is 0 Å². The molecule has 4 heteroatoms. The number of hydrogen-bond acceptors (Lipinski definition) is 4.